The summed E-state index contributed by atoms with van der Waals surface area (Å²) in [6.45, 7) is 6.52. The summed E-state index contributed by atoms with van der Waals surface area (Å²) in [4.78, 5) is 29.1. The first-order valence-corrected chi connectivity index (χ1v) is 12.5. The standard InChI is InChI=1S/C20H33N4O8P/c1-5-19(4,32-33(29,30)20(28,6-2)7-3)10-12-13(25)14(26)17(31-12)24-9-8-11-15(24)22-18(21)23-16(11)27/h8-9,12-14,17,25-26,28H,5-7,10H2,1-4H3,(H,29,30)(H3,21,22,23,27)/t12?,13-,14-,17-,19?/m1/s1. The molecule has 1 saturated heterocycles. The molecule has 1 aliphatic heterocycles. The van der Waals surface area contributed by atoms with Crippen molar-refractivity contribution < 1.29 is 34.0 Å². The molecule has 33 heavy (non-hydrogen) atoms. The molecule has 186 valence electrons. The molecule has 1 aliphatic rings. The maximum Gasteiger partial charge on any atom is 0.359 e. The van der Waals surface area contributed by atoms with Gasteiger partial charge in [0.05, 0.1) is 17.1 Å². The number of hydrogen-bond acceptors (Lipinski definition) is 9. The monoisotopic (exact) mass is 488 g/mol. The number of H-pyrrole nitrogens is 1. The molecule has 0 saturated carbocycles. The number of anilines is 1. The molecule has 0 radical (unpaired) electrons. The first kappa shape index (κ1) is 25.8. The fourth-order valence-electron chi connectivity index (χ4n) is 4.10. The van der Waals surface area contributed by atoms with Gasteiger partial charge < -0.3 is 39.8 Å². The number of fused-ring (bicyclic) bond motifs is 1. The Hall–Kier alpha value is -1.79. The average molecular weight is 488 g/mol. The maximum atomic E-state index is 12.9. The number of hydrogen-bond donors (Lipinski definition) is 6. The summed E-state index contributed by atoms with van der Waals surface area (Å²) in [5, 5.41) is 30.3. The summed E-state index contributed by atoms with van der Waals surface area (Å²) in [5.74, 6) is -0.109. The van der Waals surface area contributed by atoms with Crippen molar-refractivity contribution in [3.63, 3.8) is 0 Å². The van der Waals surface area contributed by atoms with Crippen LogP contribution in [-0.2, 0) is 13.8 Å². The minimum atomic E-state index is -4.46. The minimum Gasteiger partial charge on any atom is -0.388 e. The highest BCUT2D eigenvalue weighted by Gasteiger charge is 2.51. The lowest BCUT2D eigenvalue weighted by atomic mass is 9.93. The van der Waals surface area contributed by atoms with Crippen LogP contribution < -0.4 is 11.3 Å². The number of aliphatic hydroxyl groups is 3. The lowest BCUT2D eigenvalue weighted by molar-refractivity contribution is -0.0695. The molecule has 0 spiro atoms. The van der Waals surface area contributed by atoms with E-state index in [1.165, 1.54) is 16.8 Å². The molecule has 2 aromatic rings. The largest absolute Gasteiger partial charge is 0.388 e. The number of rotatable bonds is 9. The van der Waals surface area contributed by atoms with Crippen molar-refractivity contribution >= 4 is 24.6 Å². The zero-order chi connectivity index (χ0) is 24.8. The van der Waals surface area contributed by atoms with E-state index < -0.39 is 48.6 Å². The minimum absolute atomic E-state index is 0.0242. The van der Waals surface area contributed by atoms with E-state index in [0.717, 1.165) is 0 Å². The summed E-state index contributed by atoms with van der Waals surface area (Å²) in [5.41, 5.74) is 4.12. The normalized spacial score (nSPS) is 27.5. The molecule has 12 nitrogen and oxygen atoms in total. The molecule has 3 rings (SSSR count). The van der Waals surface area contributed by atoms with Crippen LogP contribution >= 0.6 is 7.60 Å². The van der Waals surface area contributed by atoms with Gasteiger partial charge in [-0.2, -0.15) is 4.98 Å². The highest BCUT2D eigenvalue weighted by atomic mass is 31.2. The predicted octanol–water partition coefficient (Wildman–Crippen LogP) is 1.20. The lowest BCUT2D eigenvalue weighted by Gasteiger charge is -2.38. The summed E-state index contributed by atoms with van der Waals surface area (Å²) in [6.07, 6.45) is -3.00. The van der Waals surface area contributed by atoms with Crippen LogP contribution in [0.4, 0.5) is 5.95 Å². The molecular formula is C20H33N4O8P. The van der Waals surface area contributed by atoms with Gasteiger partial charge in [0.1, 0.15) is 12.2 Å². The molecule has 3 unspecified atom stereocenters. The topological polar surface area (TPSA) is 193 Å². The van der Waals surface area contributed by atoms with Gasteiger partial charge in [-0.15, -0.1) is 0 Å². The summed E-state index contributed by atoms with van der Waals surface area (Å²) in [7, 11) is -4.46. The molecule has 3 heterocycles. The molecular weight excluding hydrogens is 455 g/mol. The van der Waals surface area contributed by atoms with Gasteiger partial charge in [-0.25, -0.2) is 0 Å². The van der Waals surface area contributed by atoms with E-state index in [-0.39, 0.29) is 42.7 Å². The zero-order valence-corrected chi connectivity index (χ0v) is 20.0. The second-order valence-corrected chi connectivity index (χ2v) is 10.8. The molecule has 13 heteroatoms. The third-order valence-electron chi connectivity index (χ3n) is 6.59. The van der Waals surface area contributed by atoms with Gasteiger partial charge in [-0.05, 0) is 32.3 Å². The summed E-state index contributed by atoms with van der Waals surface area (Å²) >= 11 is 0. The van der Waals surface area contributed by atoms with Crippen LogP contribution in [0.3, 0.4) is 0 Å². The van der Waals surface area contributed by atoms with E-state index in [9.17, 15) is 29.6 Å². The Morgan fingerprint density at radius 3 is 2.48 bits per heavy atom. The number of nitrogens with two attached hydrogens (primary N) is 1. The number of nitrogens with zero attached hydrogens (tertiary/aromatic N) is 2. The molecule has 1 fully saturated rings. The smallest absolute Gasteiger partial charge is 0.359 e. The number of aromatic amines is 1. The number of aliphatic hydroxyl groups excluding tert-OH is 2. The summed E-state index contributed by atoms with van der Waals surface area (Å²) in [6, 6.07) is 1.49. The quantitative estimate of drug-likeness (QED) is 0.279. The average Bonchev–Trinajstić information content (AvgIpc) is 3.28. The van der Waals surface area contributed by atoms with E-state index in [0.29, 0.717) is 0 Å². The zero-order valence-electron chi connectivity index (χ0n) is 19.1. The molecule has 7 N–H and O–H groups in total. The van der Waals surface area contributed by atoms with Gasteiger partial charge in [0.25, 0.3) is 5.56 Å². The Labute approximate surface area is 190 Å². The highest BCUT2D eigenvalue weighted by Crippen LogP contribution is 2.60. The van der Waals surface area contributed by atoms with Gasteiger partial charge in [0.15, 0.2) is 17.2 Å². The van der Waals surface area contributed by atoms with Gasteiger partial charge in [0.2, 0.25) is 5.95 Å². The fraction of sp³-hybridized carbons (Fsp3) is 0.700. The number of ether oxygens (including phenoxy) is 1. The number of nitrogens with one attached hydrogen (secondary N) is 1. The SMILES string of the molecule is CCC(C)(CC1O[C@@H](n2ccc3c(=O)[nH]c(N)nc32)[C@H](O)[C@@H]1O)OP(=O)(O)C(O)(CC)CC. The van der Waals surface area contributed by atoms with Gasteiger partial charge in [-0.1, -0.05) is 20.8 Å². The van der Waals surface area contributed by atoms with Crippen molar-refractivity contribution in [3.8, 4) is 0 Å². The van der Waals surface area contributed by atoms with Crippen molar-refractivity contribution in [3.05, 3.63) is 22.6 Å². The second-order valence-electron chi connectivity index (χ2n) is 8.77. The van der Waals surface area contributed by atoms with Crippen LogP contribution in [-0.4, -0.2) is 64.0 Å². The molecule has 2 aromatic heterocycles. The Bertz CT molecular complexity index is 1100. The van der Waals surface area contributed by atoms with Crippen LogP contribution in [0.5, 0.6) is 0 Å². The van der Waals surface area contributed by atoms with E-state index in [1.54, 1.807) is 27.7 Å². The maximum absolute atomic E-state index is 12.9. The van der Waals surface area contributed by atoms with Gasteiger partial charge in [0, 0.05) is 12.6 Å². The second kappa shape index (κ2) is 9.10. The Morgan fingerprint density at radius 2 is 1.91 bits per heavy atom. The van der Waals surface area contributed by atoms with Crippen molar-refractivity contribution in [2.75, 3.05) is 5.73 Å². The highest BCUT2D eigenvalue weighted by molar-refractivity contribution is 7.54. The van der Waals surface area contributed by atoms with E-state index in [2.05, 4.69) is 9.97 Å². The van der Waals surface area contributed by atoms with Crippen LogP contribution in [0.25, 0.3) is 11.0 Å². The van der Waals surface area contributed by atoms with Crippen molar-refractivity contribution in [1.82, 2.24) is 14.5 Å². The molecule has 0 amide bonds. The van der Waals surface area contributed by atoms with E-state index >= 15 is 0 Å². The van der Waals surface area contributed by atoms with E-state index in [4.69, 9.17) is 15.0 Å². The van der Waals surface area contributed by atoms with Crippen LogP contribution in [0.2, 0.25) is 0 Å². The first-order valence-electron chi connectivity index (χ1n) is 11.0. The molecule has 0 aliphatic carbocycles. The lowest BCUT2D eigenvalue weighted by Crippen LogP contribution is -2.40. The van der Waals surface area contributed by atoms with Crippen LogP contribution in [0.1, 0.15) is 59.6 Å². The van der Waals surface area contributed by atoms with Crippen molar-refractivity contribution in [2.45, 2.75) is 88.9 Å². The third kappa shape index (κ3) is 4.61. The van der Waals surface area contributed by atoms with Gasteiger partial charge >= 0.3 is 7.60 Å². The number of nitrogen functional groups attached to an aromatic ring is 1. The molecule has 6 atom stereocenters. The Morgan fingerprint density at radius 1 is 1.27 bits per heavy atom. The fourth-order valence-corrected chi connectivity index (χ4v) is 5.87. The Kier molecular flexibility index (Phi) is 7.12. The molecule has 0 aromatic carbocycles. The van der Waals surface area contributed by atoms with Crippen LogP contribution in [0.15, 0.2) is 17.1 Å². The third-order valence-corrected chi connectivity index (χ3v) is 8.97. The number of aromatic nitrogens is 3. The molecule has 0 bridgehead atoms. The van der Waals surface area contributed by atoms with Crippen molar-refractivity contribution in [1.29, 1.82) is 0 Å². The van der Waals surface area contributed by atoms with Crippen LogP contribution in [0, 0.1) is 0 Å². The van der Waals surface area contributed by atoms with Crippen molar-refractivity contribution in [2.24, 2.45) is 0 Å². The summed E-state index contributed by atoms with van der Waals surface area (Å²) < 4.78 is 25.9. The predicted molar refractivity (Wildman–Crippen MR) is 120 cm³/mol. The van der Waals surface area contributed by atoms with Gasteiger partial charge in [-0.3, -0.25) is 14.3 Å². The Balaban J connectivity index is 1.86. The first-order chi connectivity index (χ1) is 15.3. The van der Waals surface area contributed by atoms with E-state index in [1.807, 2.05) is 0 Å².